The molecule has 9 heteroatoms. The molecule has 1 amide bonds. The van der Waals surface area contributed by atoms with Crippen LogP contribution in [0, 0.1) is 0 Å². The molecule has 3 aromatic heterocycles. The van der Waals surface area contributed by atoms with E-state index in [-0.39, 0.29) is 12.3 Å². The number of thiazole rings is 1. The Balaban J connectivity index is 1.19. The predicted molar refractivity (Wildman–Crippen MR) is 132 cm³/mol. The van der Waals surface area contributed by atoms with Crippen molar-refractivity contribution in [1.82, 2.24) is 14.5 Å². The number of nitrogens with one attached hydrogen (secondary N) is 1. The van der Waals surface area contributed by atoms with Crippen LogP contribution in [0.15, 0.2) is 48.0 Å². The van der Waals surface area contributed by atoms with Crippen molar-refractivity contribution in [3.63, 3.8) is 0 Å². The lowest BCUT2D eigenvalue weighted by Crippen LogP contribution is -2.38. The molecule has 5 rings (SSSR count). The molecule has 0 bridgehead atoms. The number of ether oxygens (including phenoxy) is 1. The summed E-state index contributed by atoms with van der Waals surface area (Å²) in [5, 5.41) is 6.95. The first kappa shape index (κ1) is 21.6. The Morgan fingerprint density at radius 1 is 1.16 bits per heavy atom. The fourth-order valence-corrected chi connectivity index (χ4v) is 5.78. The summed E-state index contributed by atoms with van der Waals surface area (Å²) in [6.45, 7) is 5.59. The first-order valence-corrected chi connectivity index (χ1v) is 12.6. The maximum Gasteiger partial charge on any atom is 0.230 e. The summed E-state index contributed by atoms with van der Waals surface area (Å²) in [5.74, 6) is -0.0721. The summed E-state index contributed by atoms with van der Waals surface area (Å²) in [5.41, 5.74) is 2.74. The molecule has 0 unspecified atom stereocenters. The topological polar surface area (TPSA) is 59.4 Å². The molecule has 0 atom stereocenters. The number of carbonyl (C=O) groups excluding carboxylic acids is 1. The molecule has 32 heavy (non-hydrogen) atoms. The standard InChI is InChI=1S/C23H23ClN4O2S2/c24-21-4-3-20(32-21)23-26-18(15-31-23)14-22(29)25-17-1-2-19-16(13-17)5-6-28(19)8-7-27-9-11-30-12-10-27/h1-6,13,15H,7-12,14H2,(H,25,29). The number of anilines is 1. The lowest BCUT2D eigenvalue weighted by Gasteiger charge is -2.26. The van der Waals surface area contributed by atoms with Crippen LogP contribution in [0.2, 0.25) is 4.34 Å². The number of nitrogens with zero attached hydrogens (tertiary/aromatic N) is 3. The molecule has 4 heterocycles. The van der Waals surface area contributed by atoms with Gasteiger partial charge in [0.1, 0.15) is 5.01 Å². The van der Waals surface area contributed by atoms with Gasteiger partial charge >= 0.3 is 0 Å². The molecule has 1 aliphatic rings. The lowest BCUT2D eigenvalue weighted by molar-refractivity contribution is -0.115. The third-order valence-corrected chi connectivity index (χ3v) is 7.78. The number of carbonyl (C=O) groups is 1. The molecule has 1 aromatic carbocycles. The summed E-state index contributed by atoms with van der Waals surface area (Å²) in [6, 6.07) is 12.0. The highest BCUT2D eigenvalue weighted by Crippen LogP contribution is 2.33. The Hall–Kier alpha value is -2.23. The van der Waals surface area contributed by atoms with Crippen molar-refractivity contribution in [2.45, 2.75) is 13.0 Å². The molecule has 166 valence electrons. The highest BCUT2D eigenvalue weighted by atomic mass is 35.5. The van der Waals surface area contributed by atoms with Gasteiger partial charge in [-0.15, -0.1) is 22.7 Å². The number of halogens is 1. The maximum absolute atomic E-state index is 12.6. The second-order valence-corrected chi connectivity index (χ2v) is 10.3. The normalized spacial score (nSPS) is 14.8. The van der Waals surface area contributed by atoms with Crippen LogP contribution in [0.25, 0.3) is 20.8 Å². The van der Waals surface area contributed by atoms with Crippen LogP contribution in [0.1, 0.15) is 5.69 Å². The molecule has 0 spiro atoms. The Morgan fingerprint density at radius 2 is 2.03 bits per heavy atom. The molecule has 1 N–H and O–H groups in total. The predicted octanol–water partition coefficient (Wildman–Crippen LogP) is 4.99. The van der Waals surface area contributed by atoms with Gasteiger partial charge in [-0.1, -0.05) is 11.6 Å². The van der Waals surface area contributed by atoms with E-state index in [1.165, 1.54) is 28.2 Å². The van der Waals surface area contributed by atoms with E-state index in [2.05, 4.69) is 38.1 Å². The summed E-state index contributed by atoms with van der Waals surface area (Å²) in [6.07, 6.45) is 2.36. The Kier molecular flexibility index (Phi) is 6.56. The zero-order valence-electron chi connectivity index (χ0n) is 17.4. The summed E-state index contributed by atoms with van der Waals surface area (Å²) < 4.78 is 8.42. The Bertz CT molecular complexity index is 1230. The number of thiophene rings is 1. The lowest BCUT2D eigenvalue weighted by atomic mass is 10.2. The van der Waals surface area contributed by atoms with Gasteiger partial charge in [0.05, 0.1) is 34.5 Å². The van der Waals surface area contributed by atoms with Crippen molar-refractivity contribution in [1.29, 1.82) is 0 Å². The van der Waals surface area contributed by atoms with Crippen molar-refractivity contribution in [2.24, 2.45) is 0 Å². The van der Waals surface area contributed by atoms with Gasteiger partial charge in [0.2, 0.25) is 5.91 Å². The Labute approximate surface area is 199 Å². The number of fused-ring (bicyclic) bond motifs is 1. The van der Waals surface area contributed by atoms with Gasteiger partial charge in [-0.25, -0.2) is 4.98 Å². The minimum absolute atomic E-state index is 0.0721. The van der Waals surface area contributed by atoms with Gasteiger partial charge in [-0.3, -0.25) is 9.69 Å². The second-order valence-electron chi connectivity index (χ2n) is 7.71. The zero-order valence-corrected chi connectivity index (χ0v) is 19.8. The van der Waals surface area contributed by atoms with Crippen LogP contribution in [0.5, 0.6) is 0 Å². The van der Waals surface area contributed by atoms with Gasteiger partial charge < -0.3 is 14.6 Å². The molecule has 0 radical (unpaired) electrons. The summed E-state index contributed by atoms with van der Waals surface area (Å²) in [4.78, 5) is 20.6. The van der Waals surface area contributed by atoms with E-state index in [0.29, 0.717) is 0 Å². The van der Waals surface area contributed by atoms with Crippen molar-refractivity contribution in [2.75, 3.05) is 38.2 Å². The van der Waals surface area contributed by atoms with Crippen LogP contribution in [-0.2, 0) is 22.5 Å². The molecule has 4 aromatic rings. The third kappa shape index (κ3) is 5.05. The average molecular weight is 487 g/mol. The summed E-state index contributed by atoms with van der Waals surface area (Å²) >= 11 is 9.03. The molecule has 0 aliphatic carbocycles. The van der Waals surface area contributed by atoms with Crippen molar-refractivity contribution in [3.8, 4) is 9.88 Å². The Morgan fingerprint density at radius 3 is 2.84 bits per heavy atom. The highest BCUT2D eigenvalue weighted by Gasteiger charge is 2.13. The molecule has 1 saturated heterocycles. The number of hydrogen-bond acceptors (Lipinski definition) is 6. The molecule has 6 nitrogen and oxygen atoms in total. The fourth-order valence-electron chi connectivity index (χ4n) is 3.85. The van der Waals surface area contributed by atoms with E-state index in [1.807, 2.05) is 29.6 Å². The monoisotopic (exact) mass is 486 g/mol. The van der Waals surface area contributed by atoms with Gasteiger partial charge in [-0.05, 0) is 36.4 Å². The van der Waals surface area contributed by atoms with E-state index in [1.54, 1.807) is 0 Å². The third-order valence-electron chi connectivity index (χ3n) is 5.49. The number of amides is 1. The van der Waals surface area contributed by atoms with Gasteiger partial charge in [0, 0.05) is 54.3 Å². The number of morpholine rings is 1. The first-order chi connectivity index (χ1) is 15.6. The summed E-state index contributed by atoms with van der Waals surface area (Å²) in [7, 11) is 0. The minimum Gasteiger partial charge on any atom is -0.379 e. The van der Waals surface area contributed by atoms with Gasteiger partial charge in [0.15, 0.2) is 0 Å². The molecular weight excluding hydrogens is 464 g/mol. The number of aromatic nitrogens is 2. The number of rotatable bonds is 7. The van der Waals surface area contributed by atoms with Crippen LogP contribution in [-0.4, -0.2) is 53.2 Å². The van der Waals surface area contributed by atoms with Gasteiger partial charge in [0.25, 0.3) is 0 Å². The molecule has 1 aliphatic heterocycles. The SMILES string of the molecule is O=C(Cc1csc(-c2ccc(Cl)s2)n1)Nc1ccc2c(ccn2CCN2CCOCC2)c1. The van der Waals surface area contributed by atoms with Crippen molar-refractivity contribution >= 4 is 56.8 Å². The number of hydrogen-bond donors (Lipinski definition) is 1. The van der Waals surface area contributed by atoms with E-state index >= 15 is 0 Å². The van der Waals surface area contributed by atoms with E-state index < -0.39 is 0 Å². The van der Waals surface area contributed by atoms with Crippen LogP contribution in [0.4, 0.5) is 5.69 Å². The molecule has 1 fully saturated rings. The van der Waals surface area contributed by atoms with Crippen LogP contribution < -0.4 is 5.32 Å². The van der Waals surface area contributed by atoms with E-state index in [9.17, 15) is 4.79 Å². The van der Waals surface area contributed by atoms with Gasteiger partial charge in [-0.2, -0.15) is 0 Å². The van der Waals surface area contributed by atoms with E-state index in [0.717, 1.165) is 70.4 Å². The maximum atomic E-state index is 12.6. The van der Waals surface area contributed by atoms with E-state index in [4.69, 9.17) is 16.3 Å². The van der Waals surface area contributed by atoms with Crippen molar-refractivity contribution in [3.05, 3.63) is 58.0 Å². The largest absolute Gasteiger partial charge is 0.379 e. The average Bonchev–Trinajstić information content (AvgIpc) is 3.53. The molecular formula is C23H23ClN4O2S2. The first-order valence-electron chi connectivity index (χ1n) is 10.5. The van der Waals surface area contributed by atoms with Crippen LogP contribution in [0.3, 0.4) is 0 Å². The smallest absolute Gasteiger partial charge is 0.230 e. The molecule has 0 saturated carbocycles. The second kappa shape index (κ2) is 9.72. The minimum atomic E-state index is -0.0721. The highest BCUT2D eigenvalue weighted by molar-refractivity contribution is 7.23. The number of benzene rings is 1. The zero-order chi connectivity index (χ0) is 21.9. The van der Waals surface area contributed by atoms with Crippen molar-refractivity contribution < 1.29 is 9.53 Å². The quantitative estimate of drug-likeness (QED) is 0.399. The fraction of sp³-hybridized carbons (Fsp3) is 0.304. The van der Waals surface area contributed by atoms with Crippen LogP contribution >= 0.6 is 34.3 Å².